The van der Waals surface area contributed by atoms with Crippen molar-refractivity contribution in [3.8, 4) is 0 Å². The van der Waals surface area contributed by atoms with Gasteiger partial charge in [0.05, 0.1) is 12.3 Å². The number of carbonyl (C=O) groups excluding carboxylic acids is 2. The Morgan fingerprint density at radius 3 is 2.83 bits per heavy atom. The fraction of sp³-hybridized carbons (Fsp3) is 0.474. The van der Waals surface area contributed by atoms with Crippen molar-refractivity contribution in [3.63, 3.8) is 0 Å². The van der Waals surface area contributed by atoms with E-state index in [1.165, 1.54) is 15.7 Å². The summed E-state index contributed by atoms with van der Waals surface area (Å²) < 4.78 is 32.9. The maximum absolute atomic E-state index is 13.3. The van der Waals surface area contributed by atoms with E-state index in [1.807, 2.05) is 0 Å². The van der Waals surface area contributed by atoms with Crippen molar-refractivity contribution in [3.05, 3.63) is 40.2 Å². The summed E-state index contributed by atoms with van der Waals surface area (Å²) in [6.45, 7) is 7.25. The average molecular weight is 424 g/mol. The van der Waals surface area contributed by atoms with Crippen molar-refractivity contribution in [2.45, 2.75) is 46.1 Å². The van der Waals surface area contributed by atoms with Crippen LogP contribution in [0.1, 0.15) is 52.1 Å². The third-order valence-electron chi connectivity index (χ3n) is 4.62. The fourth-order valence-electron chi connectivity index (χ4n) is 3.36. The largest absolute Gasteiger partial charge is 0.462 e. The molecule has 7 nitrogen and oxygen atoms in total. The smallest absolute Gasteiger partial charge is 0.350 e. The molecule has 156 valence electrons. The van der Waals surface area contributed by atoms with Crippen LogP contribution < -0.4 is 4.90 Å². The number of carbonyl (C=O) groups is 2. The molecule has 0 spiro atoms. The average Bonchev–Trinajstić information content (AvgIpc) is 3.36. The van der Waals surface area contributed by atoms with E-state index in [0.717, 1.165) is 17.8 Å². The first kappa shape index (κ1) is 21.1. The summed E-state index contributed by atoms with van der Waals surface area (Å²) in [7, 11) is 0. The van der Waals surface area contributed by atoms with Crippen LogP contribution in [0.15, 0.2) is 12.7 Å². The lowest BCUT2D eigenvalue weighted by atomic mass is 10.2. The monoisotopic (exact) mass is 424 g/mol. The van der Waals surface area contributed by atoms with E-state index in [1.54, 1.807) is 13.8 Å². The number of hydrogen-bond donors (Lipinski definition) is 0. The second kappa shape index (κ2) is 8.81. The van der Waals surface area contributed by atoms with E-state index in [-0.39, 0.29) is 31.3 Å². The van der Waals surface area contributed by atoms with Crippen LogP contribution in [0.3, 0.4) is 0 Å². The highest BCUT2D eigenvalue weighted by Crippen LogP contribution is 2.32. The van der Waals surface area contributed by atoms with Gasteiger partial charge in [0.1, 0.15) is 17.1 Å². The molecule has 0 saturated heterocycles. The van der Waals surface area contributed by atoms with Crippen molar-refractivity contribution in [2.75, 3.05) is 18.1 Å². The van der Waals surface area contributed by atoms with Gasteiger partial charge in [0.2, 0.25) is 0 Å². The molecular weight excluding hydrogens is 402 g/mol. The highest BCUT2D eigenvalue weighted by atomic mass is 32.1. The third-order valence-corrected chi connectivity index (χ3v) is 5.78. The Balaban J connectivity index is 1.86. The molecule has 10 heteroatoms. The molecular formula is C19H22F2N4O3S. The first-order chi connectivity index (χ1) is 13.9. The summed E-state index contributed by atoms with van der Waals surface area (Å²) in [6, 6.07) is 0. The molecule has 0 radical (unpaired) electrons. The van der Waals surface area contributed by atoms with Gasteiger partial charge in [-0.1, -0.05) is 17.4 Å². The summed E-state index contributed by atoms with van der Waals surface area (Å²) >= 11 is 1.05. The van der Waals surface area contributed by atoms with Crippen LogP contribution in [0.25, 0.3) is 0 Å². The number of aromatic nitrogens is 3. The molecule has 0 bridgehead atoms. The van der Waals surface area contributed by atoms with Gasteiger partial charge in [0.25, 0.3) is 12.3 Å². The molecule has 3 rings (SSSR count). The minimum Gasteiger partial charge on any atom is -0.462 e. The molecule has 0 N–H and O–H groups in total. The lowest BCUT2D eigenvalue weighted by molar-refractivity contribution is -0.119. The molecule has 2 heterocycles. The number of hydrogen-bond acceptors (Lipinski definition) is 6. The van der Waals surface area contributed by atoms with Gasteiger partial charge in [-0.25, -0.2) is 18.6 Å². The van der Waals surface area contributed by atoms with E-state index >= 15 is 0 Å². The van der Waals surface area contributed by atoms with Crippen LogP contribution in [-0.4, -0.2) is 39.8 Å². The molecule has 1 aliphatic rings. The summed E-state index contributed by atoms with van der Waals surface area (Å²) in [4.78, 5) is 31.1. The number of halogens is 2. The predicted molar refractivity (Wildman–Crippen MR) is 105 cm³/mol. The van der Waals surface area contributed by atoms with Crippen molar-refractivity contribution in [1.82, 2.24) is 14.8 Å². The lowest BCUT2D eigenvalue weighted by Crippen LogP contribution is -2.34. The number of thiazole rings is 1. The number of amides is 1. The Morgan fingerprint density at radius 1 is 1.41 bits per heavy atom. The van der Waals surface area contributed by atoms with Crippen LogP contribution in [-0.2, 0) is 28.9 Å². The lowest BCUT2D eigenvalue weighted by Gasteiger charge is -2.18. The van der Waals surface area contributed by atoms with Crippen molar-refractivity contribution in [2.24, 2.45) is 0 Å². The molecule has 0 saturated carbocycles. The summed E-state index contributed by atoms with van der Waals surface area (Å²) in [5, 5.41) is 4.31. The second-order valence-electron chi connectivity index (χ2n) is 6.55. The van der Waals surface area contributed by atoms with E-state index in [9.17, 15) is 18.4 Å². The molecule has 1 amide bonds. The minimum absolute atomic E-state index is 0.166. The van der Waals surface area contributed by atoms with Crippen LogP contribution >= 0.6 is 11.3 Å². The maximum atomic E-state index is 13.3. The summed E-state index contributed by atoms with van der Waals surface area (Å²) in [5.74, 6) is -0.863. The molecule has 0 unspecified atom stereocenters. The zero-order valence-corrected chi connectivity index (χ0v) is 17.1. The SMILES string of the molecule is C=CCN(C(=O)Cn1nc(C(F)F)c2c1CCC2)c1nc(C)c(C(=O)OCC)s1. The normalized spacial score (nSPS) is 12.9. The number of ether oxygens (including phenoxy) is 1. The van der Waals surface area contributed by atoms with Crippen molar-refractivity contribution < 1.29 is 23.1 Å². The Bertz CT molecular complexity index is 938. The van der Waals surface area contributed by atoms with E-state index in [4.69, 9.17) is 4.74 Å². The first-order valence-electron chi connectivity index (χ1n) is 9.29. The van der Waals surface area contributed by atoms with Gasteiger partial charge in [0, 0.05) is 17.8 Å². The highest BCUT2D eigenvalue weighted by molar-refractivity contribution is 7.17. The zero-order chi connectivity index (χ0) is 21.1. The number of nitrogens with zero attached hydrogens (tertiary/aromatic N) is 4. The van der Waals surface area contributed by atoms with Crippen LogP contribution in [0.5, 0.6) is 0 Å². The van der Waals surface area contributed by atoms with Gasteiger partial charge in [-0.05, 0) is 33.1 Å². The highest BCUT2D eigenvalue weighted by Gasteiger charge is 2.29. The van der Waals surface area contributed by atoms with Crippen LogP contribution in [0, 0.1) is 6.92 Å². The van der Waals surface area contributed by atoms with Crippen LogP contribution in [0.4, 0.5) is 13.9 Å². The molecule has 2 aromatic heterocycles. The van der Waals surface area contributed by atoms with E-state index in [0.29, 0.717) is 39.8 Å². The van der Waals surface area contributed by atoms with Crippen molar-refractivity contribution >= 4 is 28.3 Å². The Labute approximate surface area is 171 Å². The number of rotatable bonds is 8. The van der Waals surface area contributed by atoms with Crippen LogP contribution in [0.2, 0.25) is 0 Å². The quantitative estimate of drug-likeness (QED) is 0.479. The standard InChI is InChI=1S/C19H22F2N4O3S/c1-4-9-24(19-22-11(3)16(29-19)18(27)28-5-2)14(26)10-25-13-8-6-7-12(13)15(23-25)17(20)21/h4,17H,1,5-10H2,2-3H3. The Kier molecular flexibility index (Phi) is 6.41. The Hall–Kier alpha value is -2.62. The first-order valence-corrected chi connectivity index (χ1v) is 10.1. The van der Waals surface area contributed by atoms with Gasteiger partial charge < -0.3 is 4.74 Å². The van der Waals surface area contributed by atoms with Gasteiger partial charge in [0.15, 0.2) is 5.13 Å². The minimum atomic E-state index is -2.67. The summed E-state index contributed by atoms with van der Waals surface area (Å²) in [5.41, 5.74) is 1.47. The Morgan fingerprint density at radius 2 is 2.17 bits per heavy atom. The molecule has 0 aliphatic heterocycles. The molecule has 0 fully saturated rings. The van der Waals surface area contributed by atoms with Gasteiger partial charge in [-0.3, -0.25) is 14.4 Å². The molecule has 0 atom stereocenters. The number of anilines is 1. The fourth-order valence-corrected chi connectivity index (χ4v) is 4.35. The molecule has 2 aromatic rings. The maximum Gasteiger partial charge on any atom is 0.350 e. The van der Waals surface area contributed by atoms with Gasteiger partial charge in [-0.2, -0.15) is 5.10 Å². The second-order valence-corrected chi connectivity index (χ2v) is 7.52. The van der Waals surface area contributed by atoms with E-state index < -0.39 is 12.4 Å². The van der Waals surface area contributed by atoms with Gasteiger partial charge >= 0.3 is 5.97 Å². The number of esters is 1. The number of alkyl halides is 2. The molecule has 1 aliphatic carbocycles. The third kappa shape index (κ3) is 4.21. The number of fused-ring (bicyclic) bond motifs is 1. The van der Waals surface area contributed by atoms with Crippen molar-refractivity contribution in [1.29, 1.82) is 0 Å². The zero-order valence-electron chi connectivity index (χ0n) is 16.3. The molecule has 0 aromatic carbocycles. The number of aryl methyl sites for hydroxylation is 1. The summed E-state index contributed by atoms with van der Waals surface area (Å²) in [6.07, 6.45) is 0.806. The van der Waals surface area contributed by atoms with E-state index in [2.05, 4.69) is 16.7 Å². The predicted octanol–water partition coefficient (Wildman–Crippen LogP) is 3.47. The van der Waals surface area contributed by atoms with Gasteiger partial charge in [-0.15, -0.1) is 6.58 Å². The molecule has 29 heavy (non-hydrogen) atoms. The topological polar surface area (TPSA) is 77.3 Å².